The number of amides is 2. The summed E-state index contributed by atoms with van der Waals surface area (Å²) in [6.07, 6.45) is 5.10. The molecule has 0 atom stereocenters. The second-order valence-corrected chi connectivity index (χ2v) is 4.14. The molecule has 0 aliphatic carbocycles. The number of carbonyl (C=O) groups is 2. The molecule has 0 spiro atoms. The number of hydrogen-bond donors (Lipinski definition) is 2. The van der Waals surface area contributed by atoms with Crippen molar-refractivity contribution >= 4 is 12.0 Å². The summed E-state index contributed by atoms with van der Waals surface area (Å²) in [5.74, 6) is 1.18. The second-order valence-electron chi connectivity index (χ2n) is 4.14. The van der Waals surface area contributed by atoms with Gasteiger partial charge in [-0.1, -0.05) is 5.92 Å². The lowest BCUT2D eigenvalue weighted by Crippen LogP contribution is -2.46. The number of nitrogens with zero attached hydrogens (tertiary/aromatic N) is 2. The van der Waals surface area contributed by atoms with Gasteiger partial charge in [-0.05, 0) is 0 Å². The monoisotopic (exact) mass is 269 g/mol. The highest BCUT2D eigenvalue weighted by molar-refractivity contribution is 5.80. The summed E-state index contributed by atoms with van der Waals surface area (Å²) in [6.45, 7) is 3.86. The Labute approximate surface area is 112 Å². The van der Waals surface area contributed by atoms with Crippen LogP contribution in [0.1, 0.15) is 0 Å². The van der Waals surface area contributed by atoms with Crippen molar-refractivity contribution in [3.63, 3.8) is 0 Å². The van der Waals surface area contributed by atoms with Crippen molar-refractivity contribution in [2.24, 2.45) is 0 Å². The van der Waals surface area contributed by atoms with Crippen molar-refractivity contribution < 1.29 is 19.4 Å². The highest BCUT2D eigenvalue weighted by Gasteiger charge is 2.16. The number of urea groups is 1. The maximum atomic E-state index is 11.7. The predicted molar refractivity (Wildman–Crippen MR) is 68.7 cm³/mol. The fraction of sp³-hybridized carbons (Fsp3) is 0.667. The average molecular weight is 269 g/mol. The Morgan fingerprint density at radius 1 is 1.42 bits per heavy atom. The molecular formula is C12H19N3O4. The number of morpholine rings is 1. The van der Waals surface area contributed by atoms with E-state index < -0.39 is 18.5 Å². The molecular weight excluding hydrogens is 250 g/mol. The summed E-state index contributed by atoms with van der Waals surface area (Å²) in [5.41, 5.74) is 0. The first-order valence-corrected chi connectivity index (χ1v) is 6.11. The van der Waals surface area contributed by atoms with E-state index in [-0.39, 0.29) is 6.54 Å². The molecule has 1 aliphatic heterocycles. The van der Waals surface area contributed by atoms with Gasteiger partial charge in [0, 0.05) is 26.2 Å². The van der Waals surface area contributed by atoms with E-state index in [1.807, 2.05) is 0 Å². The number of terminal acetylenes is 1. The lowest BCUT2D eigenvalue weighted by molar-refractivity contribution is -0.137. The topological polar surface area (TPSA) is 82.1 Å². The van der Waals surface area contributed by atoms with E-state index in [9.17, 15) is 9.59 Å². The van der Waals surface area contributed by atoms with Crippen LogP contribution in [0.2, 0.25) is 0 Å². The van der Waals surface area contributed by atoms with Gasteiger partial charge in [0.25, 0.3) is 0 Å². The third-order valence-electron chi connectivity index (χ3n) is 2.70. The van der Waals surface area contributed by atoms with Crippen molar-refractivity contribution in [3.05, 3.63) is 0 Å². The Hall–Kier alpha value is -1.78. The van der Waals surface area contributed by atoms with Crippen LogP contribution in [0.4, 0.5) is 4.79 Å². The molecule has 106 valence electrons. The molecule has 1 aliphatic rings. The molecule has 0 aromatic carbocycles. The van der Waals surface area contributed by atoms with Crippen LogP contribution in [0, 0.1) is 12.3 Å². The van der Waals surface area contributed by atoms with Gasteiger partial charge < -0.3 is 20.1 Å². The second kappa shape index (κ2) is 8.34. The Bertz CT molecular complexity index is 347. The first-order chi connectivity index (χ1) is 9.13. The van der Waals surface area contributed by atoms with Gasteiger partial charge in [0.2, 0.25) is 0 Å². The van der Waals surface area contributed by atoms with Crippen molar-refractivity contribution in [2.45, 2.75) is 0 Å². The van der Waals surface area contributed by atoms with E-state index in [4.69, 9.17) is 16.3 Å². The molecule has 0 saturated carbocycles. The minimum atomic E-state index is -1.08. The SMILES string of the molecule is C#CCN(CC(=O)O)C(=O)NCCN1CCOCC1. The first kappa shape index (κ1) is 15.3. The van der Waals surface area contributed by atoms with Gasteiger partial charge in [-0.3, -0.25) is 9.69 Å². The number of rotatable bonds is 6. The third-order valence-corrected chi connectivity index (χ3v) is 2.70. The molecule has 1 fully saturated rings. The predicted octanol–water partition coefficient (Wildman–Crippen LogP) is -0.952. The van der Waals surface area contributed by atoms with E-state index in [0.29, 0.717) is 26.3 Å². The average Bonchev–Trinajstić information content (AvgIpc) is 2.39. The Balaban J connectivity index is 2.27. The number of ether oxygens (including phenoxy) is 1. The third kappa shape index (κ3) is 6.08. The fourth-order valence-electron chi connectivity index (χ4n) is 1.73. The van der Waals surface area contributed by atoms with Crippen molar-refractivity contribution in [1.29, 1.82) is 0 Å². The van der Waals surface area contributed by atoms with Crippen LogP contribution in [0.15, 0.2) is 0 Å². The van der Waals surface area contributed by atoms with Crippen molar-refractivity contribution in [3.8, 4) is 12.3 Å². The van der Waals surface area contributed by atoms with E-state index >= 15 is 0 Å². The molecule has 0 radical (unpaired) electrons. The molecule has 2 N–H and O–H groups in total. The van der Waals surface area contributed by atoms with Gasteiger partial charge in [0.15, 0.2) is 0 Å². The summed E-state index contributed by atoms with van der Waals surface area (Å²) in [6, 6.07) is -0.450. The maximum absolute atomic E-state index is 11.7. The zero-order chi connectivity index (χ0) is 14.1. The molecule has 0 aromatic heterocycles. The molecule has 1 rings (SSSR count). The van der Waals surface area contributed by atoms with E-state index in [2.05, 4.69) is 16.1 Å². The van der Waals surface area contributed by atoms with Crippen molar-refractivity contribution in [1.82, 2.24) is 15.1 Å². The quantitative estimate of drug-likeness (QED) is 0.607. The molecule has 7 nitrogen and oxygen atoms in total. The Morgan fingerprint density at radius 3 is 2.68 bits per heavy atom. The Morgan fingerprint density at radius 2 is 2.11 bits per heavy atom. The van der Waals surface area contributed by atoms with E-state index in [1.54, 1.807) is 0 Å². The standard InChI is InChI=1S/C12H19N3O4/c1-2-4-15(10-11(16)17)12(18)13-3-5-14-6-8-19-9-7-14/h1H,3-10H2,(H,13,18)(H,16,17). The first-order valence-electron chi connectivity index (χ1n) is 6.11. The number of aliphatic carboxylic acids is 1. The molecule has 0 aromatic rings. The molecule has 1 heterocycles. The summed E-state index contributed by atoms with van der Waals surface area (Å²) in [4.78, 5) is 25.6. The zero-order valence-corrected chi connectivity index (χ0v) is 10.8. The molecule has 19 heavy (non-hydrogen) atoms. The fourth-order valence-corrected chi connectivity index (χ4v) is 1.73. The van der Waals surface area contributed by atoms with Crippen LogP contribution in [-0.2, 0) is 9.53 Å². The maximum Gasteiger partial charge on any atom is 0.323 e. The highest BCUT2D eigenvalue weighted by Crippen LogP contribution is 1.95. The minimum absolute atomic E-state index is 0.0182. The van der Waals surface area contributed by atoms with Crippen LogP contribution in [0.5, 0.6) is 0 Å². The Kier molecular flexibility index (Phi) is 6.71. The van der Waals surface area contributed by atoms with Gasteiger partial charge >= 0.3 is 12.0 Å². The smallest absolute Gasteiger partial charge is 0.323 e. The number of carboxylic acids is 1. The zero-order valence-electron chi connectivity index (χ0n) is 10.8. The minimum Gasteiger partial charge on any atom is -0.480 e. The number of carboxylic acid groups (broad SMARTS) is 1. The van der Waals surface area contributed by atoms with Crippen LogP contribution in [-0.4, -0.2) is 79.4 Å². The molecule has 1 saturated heterocycles. The van der Waals surface area contributed by atoms with Gasteiger partial charge in [0.1, 0.15) is 6.54 Å². The molecule has 0 unspecified atom stereocenters. The van der Waals surface area contributed by atoms with Crippen LogP contribution in [0.3, 0.4) is 0 Å². The van der Waals surface area contributed by atoms with Crippen LogP contribution >= 0.6 is 0 Å². The number of carbonyl (C=O) groups excluding carboxylic acids is 1. The summed E-state index contributed by atoms with van der Waals surface area (Å²) in [7, 11) is 0. The largest absolute Gasteiger partial charge is 0.480 e. The summed E-state index contributed by atoms with van der Waals surface area (Å²) in [5, 5.41) is 11.3. The van der Waals surface area contributed by atoms with Gasteiger partial charge in [0.05, 0.1) is 19.8 Å². The summed E-state index contributed by atoms with van der Waals surface area (Å²) >= 11 is 0. The van der Waals surface area contributed by atoms with Gasteiger partial charge in [-0.25, -0.2) is 4.79 Å². The number of hydrogen-bond acceptors (Lipinski definition) is 4. The summed E-state index contributed by atoms with van der Waals surface area (Å²) < 4.78 is 5.22. The lowest BCUT2D eigenvalue weighted by Gasteiger charge is -2.27. The highest BCUT2D eigenvalue weighted by atomic mass is 16.5. The molecule has 7 heteroatoms. The molecule has 2 amide bonds. The number of nitrogens with one attached hydrogen (secondary N) is 1. The van der Waals surface area contributed by atoms with Gasteiger partial charge in [-0.15, -0.1) is 6.42 Å². The van der Waals surface area contributed by atoms with Crippen LogP contribution in [0.25, 0.3) is 0 Å². The van der Waals surface area contributed by atoms with Gasteiger partial charge in [-0.2, -0.15) is 0 Å². The normalized spacial score (nSPS) is 15.5. The van der Waals surface area contributed by atoms with E-state index in [1.165, 1.54) is 0 Å². The molecule has 0 bridgehead atoms. The van der Waals surface area contributed by atoms with Crippen LogP contribution < -0.4 is 5.32 Å². The van der Waals surface area contributed by atoms with Crippen molar-refractivity contribution in [2.75, 3.05) is 52.5 Å². The lowest BCUT2D eigenvalue weighted by atomic mass is 10.4. The van der Waals surface area contributed by atoms with E-state index in [0.717, 1.165) is 18.0 Å².